The normalized spacial score (nSPS) is 15.5. The molecule has 1 unspecified atom stereocenters. The summed E-state index contributed by atoms with van der Waals surface area (Å²) in [5, 5.41) is 4.50. The first kappa shape index (κ1) is 25.6. The van der Waals surface area contributed by atoms with Crippen molar-refractivity contribution in [1.29, 1.82) is 0 Å². The number of hydrogen-bond acceptors (Lipinski definition) is 9. The molecule has 0 radical (unpaired) electrons. The van der Waals surface area contributed by atoms with Crippen LogP contribution in [0, 0.1) is 12.8 Å². The second-order valence-electron chi connectivity index (χ2n) is 9.76. The van der Waals surface area contributed by atoms with Crippen molar-refractivity contribution >= 4 is 23.2 Å². The summed E-state index contributed by atoms with van der Waals surface area (Å²) in [4.78, 5) is 29.6. The molecule has 0 aliphatic carbocycles. The molecular formula is C25H37N9O2. The van der Waals surface area contributed by atoms with Crippen molar-refractivity contribution in [2.75, 3.05) is 44.4 Å². The van der Waals surface area contributed by atoms with Gasteiger partial charge < -0.3 is 21.1 Å². The number of likely N-dealkylation sites (N-methyl/N-ethyl adjacent to an activating group) is 1. The van der Waals surface area contributed by atoms with Crippen LogP contribution in [0.3, 0.4) is 0 Å². The van der Waals surface area contributed by atoms with Gasteiger partial charge in [-0.1, -0.05) is 19.4 Å². The van der Waals surface area contributed by atoms with E-state index in [2.05, 4.69) is 39.9 Å². The van der Waals surface area contributed by atoms with Gasteiger partial charge in [-0.25, -0.2) is 14.5 Å². The van der Waals surface area contributed by atoms with E-state index in [0.29, 0.717) is 24.5 Å². The Balaban J connectivity index is 1.46. The maximum Gasteiger partial charge on any atom is 0.336 e. The zero-order valence-electron chi connectivity index (χ0n) is 21.6. The molecule has 1 aliphatic rings. The smallest absolute Gasteiger partial charge is 0.336 e. The maximum atomic E-state index is 11.9. The van der Waals surface area contributed by atoms with Crippen molar-refractivity contribution in [2.24, 2.45) is 11.7 Å². The SMILES string of the molecule is CCCCOc1nc(N)c2ncc(Cc3cnc(N4CCC(C(C(N)=O)N(C)C)CC4)c(C)c3)n2n1. The number of fused-ring (bicyclic) bond motifs is 1. The third-order valence-electron chi connectivity index (χ3n) is 6.79. The predicted octanol–water partition coefficient (Wildman–Crippen LogP) is 1.81. The zero-order valence-corrected chi connectivity index (χ0v) is 21.6. The molecule has 4 heterocycles. The van der Waals surface area contributed by atoms with E-state index in [0.717, 1.165) is 61.4 Å². The van der Waals surface area contributed by atoms with Crippen molar-refractivity contribution in [2.45, 2.75) is 52.0 Å². The van der Waals surface area contributed by atoms with Gasteiger partial charge in [0.25, 0.3) is 0 Å². The van der Waals surface area contributed by atoms with Crippen LogP contribution in [0.4, 0.5) is 11.6 Å². The molecule has 11 heteroatoms. The van der Waals surface area contributed by atoms with Gasteiger partial charge in [-0.15, -0.1) is 5.10 Å². The van der Waals surface area contributed by atoms with Gasteiger partial charge in [-0.2, -0.15) is 4.98 Å². The molecule has 1 fully saturated rings. The molecule has 3 aromatic heterocycles. The number of rotatable bonds is 10. The largest absolute Gasteiger partial charge is 0.462 e. The molecule has 0 saturated carbocycles. The number of ether oxygens (including phenoxy) is 1. The van der Waals surface area contributed by atoms with Gasteiger partial charge in [0, 0.05) is 25.7 Å². The average molecular weight is 496 g/mol. The first-order chi connectivity index (χ1) is 17.3. The Hall–Kier alpha value is -3.47. The van der Waals surface area contributed by atoms with Gasteiger partial charge in [-0.05, 0) is 57.3 Å². The number of carbonyl (C=O) groups excluding carboxylic acids is 1. The fraction of sp³-hybridized carbons (Fsp3) is 0.560. The number of hydrogen-bond donors (Lipinski definition) is 2. The molecule has 1 aliphatic heterocycles. The first-order valence-corrected chi connectivity index (χ1v) is 12.6. The summed E-state index contributed by atoms with van der Waals surface area (Å²) < 4.78 is 7.37. The van der Waals surface area contributed by atoms with E-state index in [4.69, 9.17) is 21.2 Å². The summed E-state index contributed by atoms with van der Waals surface area (Å²) in [6, 6.07) is 2.18. The summed E-state index contributed by atoms with van der Waals surface area (Å²) in [6.45, 7) is 6.42. The quantitative estimate of drug-likeness (QED) is 0.403. The lowest BCUT2D eigenvalue weighted by atomic mass is 9.88. The van der Waals surface area contributed by atoms with Gasteiger partial charge in [0.1, 0.15) is 5.82 Å². The van der Waals surface area contributed by atoms with Crippen LogP contribution in [0.1, 0.15) is 49.4 Å². The van der Waals surface area contributed by atoms with E-state index in [9.17, 15) is 4.79 Å². The molecule has 1 amide bonds. The fourth-order valence-electron chi connectivity index (χ4n) is 5.02. The minimum atomic E-state index is -0.254. The Kier molecular flexibility index (Phi) is 7.88. The van der Waals surface area contributed by atoms with Gasteiger partial charge in [0.15, 0.2) is 11.5 Å². The Morgan fingerprint density at radius 2 is 2.00 bits per heavy atom. The topological polar surface area (TPSA) is 141 Å². The van der Waals surface area contributed by atoms with Crippen LogP contribution >= 0.6 is 0 Å². The third-order valence-corrected chi connectivity index (χ3v) is 6.79. The van der Waals surface area contributed by atoms with Crippen molar-refractivity contribution in [3.05, 3.63) is 35.3 Å². The molecule has 11 nitrogen and oxygen atoms in total. The molecule has 0 spiro atoms. The molecule has 4 rings (SSSR count). The fourth-order valence-corrected chi connectivity index (χ4v) is 5.02. The summed E-state index contributed by atoms with van der Waals surface area (Å²) in [7, 11) is 3.83. The lowest BCUT2D eigenvalue weighted by Gasteiger charge is -2.38. The van der Waals surface area contributed by atoms with Gasteiger partial charge in [0.2, 0.25) is 5.91 Å². The number of aromatic nitrogens is 5. The summed E-state index contributed by atoms with van der Waals surface area (Å²) in [6.07, 6.45) is 8.03. The number of unbranched alkanes of at least 4 members (excludes halogenated alkanes) is 1. The van der Waals surface area contributed by atoms with Crippen LogP contribution in [-0.4, -0.2) is 75.2 Å². The van der Waals surface area contributed by atoms with E-state index < -0.39 is 0 Å². The molecule has 1 atom stereocenters. The highest BCUT2D eigenvalue weighted by Gasteiger charge is 2.32. The van der Waals surface area contributed by atoms with Crippen molar-refractivity contribution in [3.8, 4) is 6.01 Å². The van der Waals surface area contributed by atoms with Crippen LogP contribution in [0.15, 0.2) is 18.5 Å². The van der Waals surface area contributed by atoms with E-state index in [1.165, 1.54) is 0 Å². The molecule has 194 valence electrons. The number of nitrogens with two attached hydrogens (primary N) is 2. The molecule has 0 aromatic carbocycles. The van der Waals surface area contributed by atoms with Crippen LogP contribution in [0.2, 0.25) is 0 Å². The number of piperidine rings is 1. The zero-order chi connectivity index (χ0) is 25.8. The van der Waals surface area contributed by atoms with Crippen LogP contribution in [0.25, 0.3) is 5.65 Å². The van der Waals surface area contributed by atoms with Gasteiger partial charge >= 0.3 is 6.01 Å². The number of amides is 1. The summed E-state index contributed by atoms with van der Waals surface area (Å²) >= 11 is 0. The highest BCUT2D eigenvalue weighted by atomic mass is 16.5. The predicted molar refractivity (Wildman–Crippen MR) is 139 cm³/mol. The number of pyridine rings is 1. The second kappa shape index (κ2) is 11.1. The Labute approximate surface area is 211 Å². The monoisotopic (exact) mass is 495 g/mol. The molecule has 0 bridgehead atoms. The molecule has 1 saturated heterocycles. The standard InChI is InChI=1S/C25H37N9O2/c1-5-6-11-36-25-30-21(26)24-29-15-19(34(24)31-25)13-17-12-16(2)23(28-14-17)33-9-7-18(8-10-33)20(22(27)35)32(3)4/h12,14-15,18,20H,5-11,13H2,1-4H3,(H2,27,35)(H2,26,30,31). The maximum absolute atomic E-state index is 11.9. The minimum absolute atomic E-state index is 0.232. The van der Waals surface area contributed by atoms with Crippen LogP contribution in [-0.2, 0) is 11.2 Å². The number of carbonyl (C=O) groups is 1. The van der Waals surface area contributed by atoms with Gasteiger partial charge in [-0.3, -0.25) is 9.69 Å². The first-order valence-electron chi connectivity index (χ1n) is 12.6. The van der Waals surface area contributed by atoms with Crippen molar-refractivity contribution < 1.29 is 9.53 Å². The number of imidazole rings is 1. The lowest BCUT2D eigenvalue weighted by molar-refractivity contribution is -0.124. The summed E-state index contributed by atoms with van der Waals surface area (Å²) in [5.41, 5.74) is 15.3. The molecular weight excluding hydrogens is 458 g/mol. The van der Waals surface area contributed by atoms with E-state index in [1.807, 2.05) is 25.2 Å². The van der Waals surface area contributed by atoms with Crippen LogP contribution in [0.5, 0.6) is 6.01 Å². The Morgan fingerprint density at radius 3 is 2.64 bits per heavy atom. The highest BCUT2D eigenvalue weighted by molar-refractivity contribution is 5.80. The molecule has 4 N–H and O–H groups in total. The Morgan fingerprint density at radius 1 is 1.25 bits per heavy atom. The second-order valence-corrected chi connectivity index (χ2v) is 9.76. The number of primary amides is 1. The van der Waals surface area contributed by atoms with E-state index in [-0.39, 0.29) is 23.9 Å². The van der Waals surface area contributed by atoms with Gasteiger partial charge in [0.05, 0.1) is 24.5 Å². The van der Waals surface area contributed by atoms with Crippen molar-refractivity contribution in [3.63, 3.8) is 0 Å². The molecule has 36 heavy (non-hydrogen) atoms. The van der Waals surface area contributed by atoms with Crippen LogP contribution < -0.4 is 21.1 Å². The minimum Gasteiger partial charge on any atom is -0.462 e. The number of nitrogens with zero attached hydrogens (tertiary/aromatic N) is 7. The molecule has 3 aromatic rings. The average Bonchev–Trinajstić information content (AvgIpc) is 3.23. The van der Waals surface area contributed by atoms with Crippen molar-refractivity contribution in [1.82, 2.24) is 29.5 Å². The number of nitrogen functional groups attached to an aromatic ring is 1. The Bertz CT molecular complexity index is 1200. The van der Waals surface area contributed by atoms with E-state index >= 15 is 0 Å². The third kappa shape index (κ3) is 5.51. The summed E-state index contributed by atoms with van der Waals surface area (Å²) in [5.74, 6) is 1.28. The van der Waals surface area contributed by atoms with E-state index in [1.54, 1.807) is 10.7 Å². The number of aryl methyl sites for hydroxylation is 1. The number of anilines is 2. The highest BCUT2D eigenvalue weighted by Crippen LogP contribution is 2.28. The lowest BCUT2D eigenvalue weighted by Crippen LogP contribution is -2.49.